The smallest absolute Gasteiger partial charge is 0.253 e. The molecule has 30 heavy (non-hydrogen) atoms. The van der Waals surface area contributed by atoms with Crippen molar-refractivity contribution in [1.82, 2.24) is 10.0 Å². The molecule has 5 rings (SSSR count). The van der Waals surface area contributed by atoms with Gasteiger partial charge < -0.3 is 0 Å². The van der Waals surface area contributed by atoms with Crippen molar-refractivity contribution in [3.8, 4) is 0 Å². The molecule has 3 saturated heterocycles. The molecule has 3 aliphatic heterocycles. The summed E-state index contributed by atoms with van der Waals surface area (Å²) < 4.78 is 1.91. The molecular formula is C23H23Br2N3O2. The summed E-state index contributed by atoms with van der Waals surface area (Å²) in [6, 6.07) is 15.1. The number of hydrogen-bond donors (Lipinski definition) is 0. The minimum atomic E-state index is -0.466. The molecule has 7 heteroatoms. The number of hydrogen-bond acceptors (Lipinski definition) is 4. The zero-order valence-electron chi connectivity index (χ0n) is 17.0. The second-order valence-corrected chi connectivity index (χ2v) is 10.9. The summed E-state index contributed by atoms with van der Waals surface area (Å²) in [6.07, 6.45) is 0.947. The molecule has 5 nitrogen and oxygen atoms in total. The highest BCUT2D eigenvalue weighted by atomic mass is 79.9. The summed E-state index contributed by atoms with van der Waals surface area (Å²) in [4.78, 5) is 28.7. The predicted molar refractivity (Wildman–Crippen MR) is 123 cm³/mol. The Hall–Kier alpha value is -1.54. The van der Waals surface area contributed by atoms with Gasteiger partial charge in [0.05, 0.1) is 17.6 Å². The number of rotatable bonds is 2. The van der Waals surface area contributed by atoms with Crippen LogP contribution in [0.15, 0.2) is 57.5 Å². The van der Waals surface area contributed by atoms with Crippen molar-refractivity contribution in [3.05, 3.63) is 63.0 Å². The van der Waals surface area contributed by atoms with E-state index in [0.29, 0.717) is 5.69 Å². The van der Waals surface area contributed by atoms with E-state index >= 15 is 0 Å². The van der Waals surface area contributed by atoms with Gasteiger partial charge in [0.15, 0.2) is 0 Å². The molecular weight excluding hydrogens is 510 g/mol. The molecule has 4 atom stereocenters. The van der Waals surface area contributed by atoms with Crippen LogP contribution in [0.4, 0.5) is 5.69 Å². The van der Waals surface area contributed by atoms with E-state index in [0.717, 1.165) is 20.9 Å². The first kappa shape index (κ1) is 20.4. The number of fused-ring (bicyclic) bond motifs is 3. The van der Waals surface area contributed by atoms with Crippen LogP contribution in [0.25, 0.3) is 0 Å². The SMILES string of the molecule is C[C@@H]1CC(C)(C)N2[C@H](c3ccc(Br)cc3)[C@@H]3C(=O)N(c4ccc(Br)cc4)C(=O)[C@@H]3N12. The third-order valence-corrected chi connectivity index (χ3v) is 7.68. The molecule has 3 fully saturated rings. The Morgan fingerprint density at radius 2 is 1.43 bits per heavy atom. The fraction of sp³-hybridized carbons (Fsp3) is 0.391. The van der Waals surface area contributed by atoms with Gasteiger partial charge in [0.25, 0.3) is 5.91 Å². The van der Waals surface area contributed by atoms with Crippen LogP contribution in [0.5, 0.6) is 0 Å². The maximum atomic E-state index is 13.7. The van der Waals surface area contributed by atoms with Gasteiger partial charge in [-0.15, -0.1) is 0 Å². The lowest BCUT2D eigenvalue weighted by molar-refractivity contribution is -0.130. The highest BCUT2D eigenvalue weighted by Gasteiger charge is 2.67. The Morgan fingerprint density at radius 3 is 2.03 bits per heavy atom. The lowest BCUT2D eigenvalue weighted by Crippen LogP contribution is -2.50. The first-order chi connectivity index (χ1) is 14.2. The van der Waals surface area contributed by atoms with Gasteiger partial charge in [0, 0.05) is 20.5 Å². The van der Waals surface area contributed by atoms with Crippen molar-refractivity contribution in [3.63, 3.8) is 0 Å². The van der Waals surface area contributed by atoms with Crippen LogP contribution in [0.2, 0.25) is 0 Å². The number of carbonyl (C=O) groups excluding carboxylic acids is 2. The molecule has 0 radical (unpaired) electrons. The van der Waals surface area contributed by atoms with E-state index in [1.807, 2.05) is 36.4 Å². The fourth-order valence-corrected chi connectivity index (χ4v) is 6.16. The fourth-order valence-electron chi connectivity index (χ4n) is 5.63. The van der Waals surface area contributed by atoms with Crippen molar-refractivity contribution in [2.24, 2.45) is 5.92 Å². The third kappa shape index (κ3) is 2.86. The third-order valence-electron chi connectivity index (χ3n) is 6.62. The molecule has 0 unspecified atom stereocenters. The van der Waals surface area contributed by atoms with Gasteiger partial charge in [-0.3, -0.25) is 9.59 Å². The van der Waals surface area contributed by atoms with Crippen LogP contribution in [0, 0.1) is 5.92 Å². The Kier molecular flexibility index (Phi) is 4.74. The Bertz CT molecular complexity index is 1020. The summed E-state index contributed by atoms with van der Waals surface area (Å²) in [5.74, 6) is -0.663. The maximum Gasteiger partial charge on any atom is 0.253 e. The maximum absolute atomic E-state index is 13.7. The molecule has 0 bridgehead atoms. The van der Waals surface area contributed by atoms with Crippen LogP contribution in [0.3, 0.4) is 0 Å². The molecule has 2 amide bonds. The molecule has 3 heterocycles. The molecule has 0 aliphatic carbocycles. The molecule has 156 valence electrons. The molecule has 3 aliphatic rings. The van der Waals surface area contributed by atoms with E-state index in [1.165, 1.54) is 4.90 Å². The first-order valence-corrected chi connectivity index (χ1v) is 11.8. The normalized spacial score (nSPS) is 30.8. The van der Waals surface area contributed by atoms with Gasteiger partial charge in [-0.1, -0.05) is 44.0 Å². The quantitative estimate of drug-likeness (QED) is 0.515. The van der Waals surface area contributed by atoms with Crippen molar-refractivity contribution in [1.29, 1.82) is 0 Å². The summed E-state index contributed by atoms with van der Waals surface area (Å²) in [6.45, 7) is 6.57. The number of anilines is 1. The monoisotopic (exact) mass is 531 g/mol. The Morgan fingerprint density at radius 1 is 0.867 bits per heavy atom. The highest BCUT2D eigenvalue weighted by molar-refractivity contribution is 9.10. The Labute approximate surface area is 193 Å². The van der Waals surface area contributed by atoms with Gasteiger partial charge in [-0.05, 0) is 69.2 Å². The van der Waals surface area contributed by atoms with Crippen molar-refractivity contribution in [2.75, 3.05) is 4.90 Å². The number of imide groups is 1. The van der Waals surface area contributed by atoms with Crippen LogP contribution < -0.4 is 4.90 Å². The van der Waals surface area contributed by atoms with Crippen LogP contribution in [0.1, 0.15) is 38.8 Å². The molecule has 0 aromatic heterocycles. The van der Waals surface area contributed by atoms with Crippen molar-refractivity contribution >= 4 is 49.4 Å². The minimum absolute atomic E-state index is 0.113. The zero-order valence-corrected chi connectivity index (χ0v) is 20.2. The lowest BCUT2D eigenvalue weighted by Gasteiger charge is -2.39. The zero-order chi connectivity index (χ0) is 21.4. The van der Waals surface area contributed by atoms with Crippen LogP contribution >= 0.6 is 31.9 Å². The Balaban J connectivity index is 1.64. The minimum Gasteiger partial charge on any atom is -0.274 e. The molecule has 0 spiro atoms. The van der Waals surface area contributed by atoms with E-state index in [-0.39, 0.29) is 29.4 Å². The number of carbonyl (C=O) groups is 2. The largest absolute Gasteiger partial charge is 0.274 e. The van der Waals surface area contributed by atoms with Gasteiger partial charge in [0.2, 0.25) is 5.91 Å². The van der Waals surface area contributed by atoms with E-state index in [1.54, 1.807) is 0 Å². The second kappa shape index (κ2) is 6.99. The topological polar surface area (TPSA) is 43.9 Å². The number of amides is 2. The van der Waals surface area contributed by atoms with Gasteiger partial charge in [0.1, 0.15) is 6.04 Å². The highest BCUT2D eigenvalue weighted by Crippen LogP contribution is 2.55. The van der Waals surface area contributed by atoms with Crippen LogP contribution in [-0.2, 0) is 9.59 Å². The van der Waals surface area contributed by atoms with Gasteiger partial charge in [-0.2, -0.15) is 0 Å². The van der Waals surface area contributed by atoms with Crippen molar-refractivity contribution in [2.45, 2.75) is 50.9 Å². The van der Waals surface area contributed by atoms with E-state index in [4.69, 9.17) is 0 Å². The average molecular weight is 533 g/mol. The summed E-state index contributed by atoms with van der Waals surface area (Å²) in [5, 5.41) is 4.50. The molecule has 0 N–H and O–H groups in total. The van der Waals surface area contributed by atoms with E-state index in [9.17, 15) is 9.59 Å². The summed E-state index contributed by atoms with van der Waals surface area (Å²) >= 11 is 6.94. The second-order valence-electron chi connectivity index (χ2n) is 9.05. The summed E-state index contributed by atoms with van der Waals surface area (Å²) in [7, 11) is 0. The first-order valence-electron chi connectivity index (χ1n) is 10.2. The van der Waals surface area contributed by atoms with E-state index < -0.39 is 12.0 Å². The number of nitrogens with zero attached hydrogens (tertiary/aromatic N) is 3. The van der Waals surface area contributed by atoms with E-state index in [2.05, 4.69) is 74.8 Å². The molecule has 2 aromatic rings. The standard InChI is InChI=1S/C23H23Br2N3O2/c1-13-12-23(2,3)28-19(14-4-6-15(24)7-5-14)18-20(27(13)28)22(30)26(21(18)29)17-10-8-16(25)9-11-17/h4-11,13,18-20H,12H2,1-3H3/t13-,18+,19-,20-/m1/s1. The van der Waals surface area contributed by atoms with Gasteiger partial charge in [-0.25, -0.2) is 14.9 Å². The number of hydrazine groups is 1. The number of halogens is 2. The molecule has 0 saturated carbocycles. The number of benzene rings is 2. The summed E-state index contributed by atoms with van der Waals surface area (Å²) in [5.41, 5.74) is 1.57. The van der Waals surface area contributed by atoms with Gasteiger partial charge >= 0.3 is 0 Å². The molecule has 2 aromatic carbocycles. The lowest BCUT2D eigenvalue weighted by atomic mass is 9.86. The predicted octanol–water partition coefficient (Wildman–Crippen LogP) is 4.91. The van der Waals surface area contributed by atoms with Crippen molar-refractivity contribution < 1.29 is 9.59 Å². The average Bonchev–Trinajstić information content (AvgIpc) is 3.25. The van der Waals surface area contributed by atoms with Crippen LogP contribution in [-0.4, -0.2) is 39.5 Å².